The van der Waals surface area contributed by atoms with Gasteiger partial charge in [0, 0.05) is 12.4 Å². The first-order valence-electron chi connectivity index (χ1n) is 7.40. The highest BCUT2D eigenvalue weighted by Gasteiger charge is 2.20. The van der Waals surface area contributed by atoms with Crippen molar-refractivity contribution in [3.8, 4) is 0 Å². The lowest BCUT2D eigenvalue weighted by Crippen LogP contribution is -2.06. The van der Waals surface area contributed by atoms with Crippen molar-refractivity contribution >= 4 is 17.0 Å². The number of carbonyl (C=O) groups excluding carboxylic acids is 1. The molecule has 112 valence electrons. The normalized spacial score (nSPS) is 12.3. The summed E-state index contributed by atoms with van der Waals surface area (Å²) in [6.45, 7) is 4.26. The first-order valence-corrected chi connectivity index (χ1v) is 7.40. The zero-order chi connectivity index (χ0) is 15.5. The van der Waals surface area contributed by atoms with Crippen molar-refractivity contribution in [2.24, 2.45) is 0 Å². The lowest BCUT2D eigenvalue weighted by atomic mass is 10.1. The van der Waals surface area contributed by atoms with Gasteiger partial charge in [0.15, 0.2) is 0 Å². The number of nitrogens with zero attached hydrogens (tertiary/aromatic N) is 2. The quantitative estimate of drug-likeness (QED) is 0.687. The number of aromatic nitrogens is 2. The Hall–Kier alpha value is -2.62. The summed E-state index contributed by atoms with van der Waals surface area (Å²) in [5.41, 5.74) is 3.31. The van der Waals surface area contributed by atoms with Crippen LogP contribution in [-0.2, 0) is 4.74 Å². The van der Waals surface area contributed by atoms with E-state index in [1.165, 1.54) is 5.56 Å². The minimum atomic E-state index is -0.329. The topological polar surface area (TPSA) is 44.1 Å². The molecule has 0 aliphatic rings. The maximum absolute atomic E-state index is 12.2. The van der Waals surface area contributed by atoms with E-state index in [0.29, 0.717) is 17.7 Å². The number of ether oxygens (including phenoxy) is 1. The van der Waals surface area contributed by atoms with E-state index in [0.717, 1.165) is 5.52 Å². The monoisotopic (exact) mass is 294 g/mol. The molecule has 0 amide bonds. The number of benzene rings is 1. The predicted molar refractivity (Wildman–Crippen MR) is 85.9 cm³/mol. The Labute approximate surface area is 129 Å². The molecule has 0 radical (unpaired) electrons. The summed E-state index contributed by atoms with van der Waals surface area (Å²) in [7, 11) is 0. The molecule has 0 aliphatic heterocycles. The molecule has 3 aromatic rings. The van der Waals surface area contributed by atoms with Crippen LogP contribution in [0.2, 0.25) is 0 Å². The fourth-order valence-electron chi connectivity index (χ4n) is 2.65. The summed E-state index contributed by atoms with van der Waals surface area (Å²) in [5, 5.41) is 0. The van der Waals surface area contributed by atoms with Gasteiger partial charge < -0.3 is 9.30 Å². The number of hydrogen-bond donors (Lipinski definition) is 0. The number of pyridine rings is 1. The minimum absolute atomic E-state index is 0.107. The molecular formula is C18H18N2O2. The summed E-state index contributed by atoms with van der Waals surface area (Å²) < 4.78 is 7.22. The summed E-state index contributed by atoms with van der Waals surface area (Å²) in [6.07, 6.45) is 3.54. The van der Waals surface area contributed by atoms with Crippen molar-refractivity contribution in [1.29, 1.82) is 0 Å². The van der Waals surface area contributed by atoms with Gasteiger partial charge in [0.1, 0.15) is 11.1 Å². The van der Waals surface area contributed by atoms with Gasteiger partial charge in [0.05, 0.1) is 18.2 Å². The second-order valence-electron chi connectivity index (χ2n) is 5.13. The van der Waals surface area contributed by atoms with Gasteiger partial charge in [-0.05, 0) is 31.5 Å². The molecular weight excluding hydrogens is 276 g/mol. The van der Waals surface area contributed by atoms with Crippen LogP contribution in [0.25, 0.3) is 11.0 Å². The van der Waals surface area contributed by atoms with Crippen LogP contribution in [0.3, 0.4) is 0 Å². The van der Waals surface area contributed by atoms with E-state index in [2.05, 4.69) is 28.6 Å². The largest absolute Gasteiger partial charge is 0.462 e. The predicted octanol–water partition coefficient (Wildman–Crippen LogP) is 3.82. The molecule has 0 bridgehead atoms. The Morgan fingerprint density at radius 3 is 2.73 bits per heavy atom. The van der Waals surface area contributed by atoms with Gasteiger partial charge in [-0.1, -0.05) is 30.3 Å². The first kappa shape index (κ1) is 14.3. The Morgan fingerprint density at radius 2 is 2.00 bits per heavy atom. The number of esters is 1. The van der Waals surface area contributed by atoms with Gasteiger partial charge in [-0.15, -0.1) is 0 Å². The van der Waals surface area contributed by atoms with Crippen LogP contribution in [0.4, 0.5) is 0 Å². The third-order valence-electron chi connectivity index (χ3n) is 3.78. The minimum Gasteiger partial charge on any atom is -0.462 e. The molecule has 0 spiro atoms. The highest BCUT2D eigenvalue weighted by atomic mass is 16.5. The summed E-state index contributed by atoms with van der Waals surface area (Å²) in [4.78, 5) is 16.5. The van der Waals surface area contributed by atoms with E-state index in [9.17, 15) is 4.79 Å². The van der Waals surface area contributed by atoms with Gasteiger partial charge >= 0.3 is 5.97 Å². The van der Waals surface area contributed by atoms with Crippen molar-refractivity contribution in [3.05, 3.63) is 66.0 Å². The number of fused-ring (bicyclic) bond motifs is 1. The molecule has 1 atom stereocenters. The van der Waals surface area contributed by atoms with E-state index < -0.39 is 0 Å². The summed E-state index contributed by atoms with van der Waals surface area (Å²) >= 11 is 0. The second kappa shape index (κ2) is 6.02. The Bertz CT molecular complexity index is 793. The van der Waals surface area contributed by atoms with Crippen molar-refractivity contribution in [3.63, 3.8) is 0 Å². The van der Waals surface area contributed by atoms with E-state index in [1.54, 1.807) is 13.1 Å². The van der Waals surface area contributed by atoms with Gasteiger partial charge in [-0.3, -0.25) is 4.98 Å². The zero-order valence-corrected chi connectivity index (χ0v) is 12.7. The van der Waals surface area contributed by atoms with Gasteiger partial charge in [0.25, 0.3) is 0 Å². The maximum atomic E-state index is 12.2. The van der Waals surface area contributed by atoms with Crippen LogP contribution < -0.4 is 0 Å². The van der Waals surface area contributed by atoms with E-state index in [4.69, 9.17) is 4.74 Å². The number of rotatable bonds is 4. The van der Waals surface area contributed by atoms with Gasteiger partial charge in [-0.2, -0.15) is 0 Å². The molecule has 0 saturated carbocycles. The first-order chi connectivity index (χ1) is 10.7. The van der Waals surface area contributed by atoms with Crippen LogP contribution in [0, 0.1) is 0 Å². The molecule has 0 fully saturated rings. The maximum Gasteiger partial charge on any atom is 0.341 e. The van der Waals surface area contributed by atoms with Crippen LogP contribution in [0.5, 0.6) is 0 Å². The molecule has 4 heteroatoms. The molecule has 2 aromatic heterocycles. The SMILES string of the molecule is CCOC(=O)c1cn(C(C)c2ccccc2)c2cccnc12. The molecule has 0 saturated heterocycles. The van der Waals surface area contributed by atoms with Crippen LogP contribution >= 0.6 is 0 Å². The molecule has 2 heterocycles. The average Bonchev–Trinajstić information content (AvgIpc) is 2.95. The lowest BCUT2D eigenvalue weighted by Gasteiger charge is -2.15. The molecule has 1 aromatic carbocycles. The number of hydrogen-bond acceptors (Lipinski definition) is 3. The molecule has 1 unspecified atom stereocenters. The summed E-state index contributed by atoms with van der Waals surface area (Å²) in [5.74, 6) is -0.329. The molecule has 4 nitrogen and oxygen atoms in total. The number of carbonyl (C=O) groups is 1. The van der Waals surface area contributed by atoms with Crippen LogP contribution in [0.15, 0.2) is 54.9 Å². The highest BCUT2D eigenvalue weighted by Crippen LogP contribution is 2.27. The standard InChI is InChI=1S/C18H18N2O2/c1-3-22-18(21)15-12-20(16-10-7-11-19-17(15)16)13(2)14-8-5-4-6-9-14/h4-13H,3H2,1-2H3. The smallest absolute Gasteiger partial charge is 0.341 e. The van der Waals surface area contributed by atoms with E-state index in [1.807, 2.05) is 36.5 Å². The Balaban J connectivity index is 2.12. The van der Waals surface area contributed by atoms with Crippen molar-refractivity contribution < 1.29 is 9.53 Å². The summed E-state index contributed by atoms with van der Waals surface area (Å²) in [6, 6.07) is 14.2. The van der Waals surface area contributed by atoms with Gasteiger partial charge in [0.2, 0.25) is 0 Å². The molecule has 0 N–H and O–H groups in total. The molecule has 22 heavy (non-hydrogen) atoms. The third-order valence-corrected chi connectivity index (χ3v) is 3.78. The third kappa shape index (κ3) is 2.48. The zero-order valence-electron chi connectivity index (χ0n) is 12.7. The Kier molecular flexibility index (Phi) is 3.92. The lowest BCUT2D eigenvalue weighted by molar-refractivity contribution is 0.0528. The van der Waals surface area contributed by atoms with Crippen molar-refractivity contribution in [2.45, 2.75) is 19.9 Å². The second-order valence-corrected chi connectivity index (χ2v) is 5.13. The van der Waals surface area contributed by atoms with Crippen LogP contribution in [0.1, 0.15) is 35.8 Å². The van der Waals surface area contributed by atoms with E-state index in [-0.39, 0.29) is 12.0 Å². The van der Waals surface area contributed by atoms with Crippen LogP contribution in [-0.4, -0.2) is 22.1 Å². The average molecular weight is 294 g/mol. The fourth-order valence-corrected chi connectivity index (χ4v) is 2.65. The fraction of sp³-hybridized carbons (Fsp3) is 0.222. The molecule has 0 aliphatic carbocycles. The Morgan fingerprint density at radius 1 is 1.23 bits per heavy atom. The highest BCUT2D eigenvalue weighted by molar-refractivity contribution is 6.02. The van der Waals surface area contributed by atoms with Gasteiger partial charge in [-0.25, -0.2) is 4.79 Å². The van der Waals surface area contributed by atoms with Crippen molar-refractivity contribution in [2.75, 3.05) is 6.61 Å². The molecule has 3 rings (SSSR count). The van der Waals surface area contributed by atoms with E-state index >= 15 is 0 Å². The van der Waals surface area contributed by atoms with Crippen molar-refractivity contribution in [1.82, 2.24) is 9.55 Å².